The molecule has 0 saturated heterocycles. The highest BCUT2D eigenvalue weighted by molar-refractivity contribution is 5.96. The van der Waals surface area contributed by atoms with E-state index < -0.39 is 18.1 Å². The van der Waals surface area contributed by atoms with Crippen molar-refractivity contribution in [2.75, 3.05) is 11.9 Å². The average Bonchev–Trinajstić information content (AvgIpc) is 3.19. The number of carboxylic acid groups (broad SMARTS) is 1. The molecule has 7 heteroatoms. The predicted octanol–water partition coefficient (Wildman–Crippen LogP) is 4.96. The van der Waals surface area contributed by atoms with Crippen molar-refractivity contribution in [3.05, 3.63) is 89.5 Å². The molecule has 180 valence electrons. The second-order valence-electron chi connectivity index (χ2n) is 8.51. The van der Waals surface area contributed by atoms with Gasteiger partial charge in [-0.2, -0.15) is 0 Å². The first-order chi connectivity index (χ1) is 17.0. The predicted molar refractivity (Wildman–Crippen MR) is 133 cm³/mol. The number of alkyl carbamates (subject to hydrolysis) is 1. The van der Waals surface area contributed by atoms with Gasteiger partial charge in [0.2, 0.25) is 5.91 Å². The van der Waals surface area contributed by atoms with E-state index >= 15 is 0 Å². The van der Waals surface area contributed by atoms with E-state index in [-0.39, 0.29) is 24.9 Å². The fourth-order valence-corrected chi connectivity index (χ4v) is 4.37. The molecule has 4 rings (SSSR count). The first-order valence-corrected chi connectivity index (χ1v) is 11.7. The Hall–Kier alpha value is -4.13. The van der Waals surface area contributed by atoms with Gasteiger partial charge < -0.3 is 20.5 Å². The minimum absolute atomic E-state index is 0.0493. The van der Waals surface area contributed by atoms with E-state index in [1.165, 1.54) is 0 Å². The third-order valence-corrected chi connectivity index (χ3v) is 6.21. The van der Waals surface area contributed by atoms with Crippen LogP contribution in [0.1, 0.15) is 42.4 Å². The minimum Gasteiger partial charge on any atom is -0.481 e. The topological polar surface area (TPSA) is 105 Å². The van der Waals surface area contributed by atoms with Gasteiger partial charge in [0.15, 0.2) is 0 Å². The molecule has 2 amide bonds. The van der Waals surface area contributed by atoms with Crippen molar-refractivity contribution in [1.29, 1.82) is 0 Å². The summed E-state index contributed by atoms with van der Waals surface area (Å²) < 4.78 is 5.56. The van der Waals surface area contributed by atoms with Crippen molar-refractivity contribution >= 4 is 23.7 Å². The Morgan fingerprint density at radius 1 is 0.914 bits per heavy atom. The van der Waals surface area contributed by atoms with Gasteiger partial charge in [0.25, 0.3) is 0 Å². The van der Waals surface area contributed by atoms with Crippen molar-refractivity contribution in [2.24, 2.45) is 0 Å². The van der Waals surface area contributed by atoms with Gasteiger partial charge in [0, 0.05) is 18.0 Å². The molecule has 1 aliphatic carbocycles. The Morgan fingerprint density at radius 2 is 1.51 bits per heavy atom. The van der Waals surface area contributed by atoms with E-state index in [4.69, 9.17) is 9.84 Å². The maximum atomic E-state index is 12.7. The summed E-state index contributed by atoms with van der Waals surface area (Å²) in [7, 11) is 0. The Balaban J connectivity index is 1.33. The van der Waals surface area contributed by atoms with E-state index in [9.17, 15) is 14.4 Å². The second-order valence-corrected chi connectivity index (χ2v) is 8.51. The van der Waals surface area contributed by atoms with Crippen LogP contribution in [0, 0.1) is 0 Å². The van der Waals surface area contributed by atoms with Crippen molar-refractivity contribution in [3.8, 4) is 11.1 Å². The highest BCUT2D eigenvalue weighted by Gasteiger charge is 2.29. The molecule has 3 aromatic rings. The zero-order valence-electron chi connectivity index (χ0n) is 19.5. The van der Waals surface area contributed by atoms with Gasteiger partial charge in [-0.15, -0.1) is 0 Å². The summed E-state index contributed by atoms with van der Waals surface area (Å²) in [4.78, 5) is 36.0. The first kappa shape index (κ1) is 24.0. The van der Waals surface area contributed by atoms with Crippen LogP contribution >= 0.6 is 0 Å². The van der Waals surface area contributed by atoms with Gasteiger partial charge in [-0.3, -0.25) is 9.59 Å². The Bertz CT molecular complexity index is 1180. The minimum atomic E-state index is -0.854. The van der Waals surface area contributed by atoms with Crippen molar-refractivity contribution in [3.63, 3.8) is 0 Å². The summed E-state index contributed by atoms with van der Waals surface area (Å²) in [6.45, 7) is 1.98. The number of carboxylic acids is 1. The lowest BCUT2D eigenvalue weighted by Crippen LogP contribution is -2.43. The fourth-order valence-electron chi connectivity index (χ4n) is 4.37. The molecule has 0 aliphatic heterocycles. The van der Waals surface area contributed by atoms with Crippen LogP contribution in [0.25, 0.3) is 11.1 Å². The van der Waals surface area contributed by atoms with Crippen LogP contribution in [0.15, 0.2) is 72.8 Å². The van der Waals surface area contributed by atoms with Crippen molar-refractivity contribution < 1.29 is 24.2 Å². The van der Waals surface area contributed by atoms with E-state index in [2.05, 4.69) is 34.9 Å². The molecular formula is C28H28N2O5. The van der Waals surface area contributed by atoms with Crippen LogP contribution in [0.2, 0.25) is 0 Å². The molecule has 7 nitrogen and oxygen atoms in total. The van der Waals surface area contributed by atoms with E-state index in [1.807, 2.05) is 31.2 Å². The Morgan fingerprint density at radius 3 is 2.09 bits per heavy atom. The molecule has 1 atom stereocenters. The zero-order valence-corrected chi connectivity index (χ0v) is 19.5. The van der Waals surface area contributed by atoms with Crippen molar-refractivity contribution in [2.45, 2.75) is 38.1 Å². The number of aliphatic carboxylic acids is 1. The normalized spacial score (nSPS) is 12.8. The fraction of sp³-hybridized carbons (Fsp3) is 0.250. The molecule has 0 unspecified atom stereocenters. The van der Waals surface area contributed by atoms with E-state index in [0.29, 0.717) is 18.5 Å². The van der Waals surface area contributed by atoms with Gasteiger partial charge in [0.05, 0.1) is 0 Å². The molecule has 0 spiro atoms. The number of carbonyl (C=O) groups excluding carboxylic acids is 2. The number of hydrogen-bond acceptors (Lipinski definition) is 4. The second kappa shape index (κ2) is 10.9. The molecule has 1 aliphatic rings. The van der Waals surface area contributed by atoms with Crippen LogP contribution < -0.4 is 10.6 Å². The molecule has 0 radical (unpaired) electrons. The summed E-state index contributed by atoms with van der Waals surface area (Å²) in [5, 5.41) is 14.2. The lowest BCUT2D eigenvalue weighted by Gasteiger charge is -2.19. The van der Waals surface area contributed by atoms with E-state index in [1.54, 1.807) is 24.3 Å². The van der Waals surface area contributed by atoms with Gasteiger partial charge in [-0.05, 0) is 52.8 Å². The maximum absolute atomic E-state index is 12.7. The Kier molecular flexibility index (Phi) is 7.45. The number of anilines is 1. The quantitative estimate of drug-likeness (QED) is 0.408. The third-order valence-electron chi connectivity index (χ3n) is 6.21. The summed E-state index contributed by atoms with van der Waals surface area (Å²) in [6.07, 6.45) is 0.225. The molecule has 0 heterocycles. The molecule has 3 N–H and O–H groups in total. The molecule has 3 aromatic carbocycles. The largest absolute Gasteiger partial charge is 0.481 e. The monoisotopic (exact) mass is 472 g/mol. The number of ether oxygens (including phenoxy) is 1. The molecule has 35 heavy (non-hydrogen) atoms. The first-order valence-electron chi connectivity index (χ1n) is 11.7. The average molecular weight is 473 g/mol. The highest BCUT2D eigenvalue weighted by Crippen LogP contribution is 2.44. The van der Waals surface area contributed by atoms with Crippen LogP contribution in [0.4, 0.5) is 10.5 Å². The third kappa shape index (κ3) is 5.69. The van der Waals surface area contributed by atoms with Gasteiger partial charge in [-0.1, -0.05) is 67.6 Å². The number of fused-ring (bicyclic) bond motifs is 3. The Labute approximate surface area is 204 Å². The molecule has 0 fully saturated rings. The summed E-state index contributed by atoms with van der Waals surface area (Å²) in [5.74, 6) is -1.26. The number of aryl methyl sites for hydroxylation is 1. The van der Waals surface area contributed by atoms with E-state index in [0.717, 1.165) is 27.8 Å². The number of carbonyl (C=O) groups is 3. The number of rotatable bonds is 9. The lowest BCUT2D eigenvalue weighted by molar-refractivity contribution is -0.137. The van der Waals surface area contributed by atoms with Gasteiger partial charge >= 0.3 is 12.1 Å². The summed E-state index contributed by atoms with van der Waals surface area (Å²) in [5.41, 5.74) is 5.99. The summed E-state index contributed by atoms with van der Waals surface area (Å²) >= 11 is 0. The molecular weight excluding hydrogens is 444 g/mol. The highest BCUT2D eigenvalue weighted by atomic mass is 16.5. The van der Waals surface area contributed by atoms with Crippen LogP contribution in [0.3, 0.4) is 0 Å². The molecule has 0 aromatic heterocycles. The summed E-state index contributed by atoms with van der Waals surface area (Å²) in [6, 6.07) is 22.4. The maximum Gasteiger partial charge on any atom is 0.407 e. The SMILES string of the molecule is CC[C@H](NC(=O)OCC1c2ccccc2-c2ccccc21)C(=O)Nc1ccc(CCC(=O)O)cc1. The number of benzene rings is 3. The van der Waals surface area contributed by atoms with Crippen LogP contribution in [-0.4, -0.2) is 35.7 Å². The number of nitrogens with one attached hydrogen (secondary N) is 2. The van der Waals surface area contributed by atoms with Gasteiger partial charge in [0.1, 0.15) is 12.6 Å². The van der Waals surface area contributed by atoms with Gasteiger partial charge in [-0.25, -0.2) is 4.79 Å². The lowest BCUT2D eigenvalue weighted by atomic mass is 9.98. The van der Waals surface area contributed by atoms with Crippen molar-refractivity contribution in [1.82, 2.24) is 5.32 Å². The number of hydrogen-bond donors (Lipinski definition) is 3. The standard InChI is InChI=1S/C28H28N2O5/c1-2-25(27(33)29-19-14-11-18(12-15-19)13-16-26(31)32)30-28(34)35-17-24-22-9-5-3-7-20(22)21-8-4-6-10-23(21)24/h3-12,14-15,24-25H,2,13,16-17H2,1H3,(H,29,33)(H,30,34)(H,31,32)/t25-/m0/s1. The zero-order chi connectivity index (χ0) is 24.8. The molecule has 0 bridgehead atoms. The molecule has 0 saturated carbocycles. The van der Waals surface area contributed by atoms with Crippen LogP contribution in [0.5, 0.6) is 0 Å². The smallest absolute Gasteiger partial charge is 0.407 e. The number of amides is 2. The van der Waals surface area contributed by atoms with Crippen LogP contribution in [-0.2, 0) is 20.7 Å².